The highest BCUT2D eigenvalue weighted by atomic mass is 19.1. The van der Waals surface area contributed by atoms with Crippen molar-refractivity contribution in [1.82, 2.24) is 9.88 Å². The van der Waals surface area contributed by atoms with Gasteiger partial charge in [0.25, 0.3) is 0 Å². The minimum Gasteiger partial charge on any atom is -0.347 e. The van der Waals surface area contributed by atoms with Gasteiger partial charge in [0.15, 0.2) is 5.78 Å². The number of nitrogens with zero attached hydrogens (tertiary/aromatic N) is 1. The second-order valence-corrected chi connectivity index (χ2v) is 4.38. The Hall–Kier alpha value is -1.68. The molecule has 0 aliphatic rings. The van der Waals surface area contributed by atoms with Crippen LogP contribution >= 0.6 is 0 Å². The van der Waals surface area contributed by atoms with Crippen molar-refractivity contribution in [3.05, 3.63) is 35.3 Å². The highest BCUT2D eigenvalue weighted by molar-refractivity contribution is 6.10. The molecule has 0 bridgehead atoms. The van der Waals surface area contributed by atoms with E-state index in [0.29, 0.717) is 10.9 Å². The molecule has 0 saturated heterocycles. The summed E-state index contributed by atoms with van der Waals surface area (Å²) in [5.41, 5.74) is 2.38. The number of likely N-dealkylation sites (N-methyl/N-ethyl adjacent to an activating group) is 1. The average molecular weight is 248 g/mol. The zero-order valence-corrected chi connectivity index (χ0v) is 10.9. The molecule has 1 aromatic carbocycles. The van der Waals surface area contributed by atoms with E-state index in [4.69, 9.17) is 0 Å². The minimum absolute atomic E-state index is 0.00514. The van der Waals surface area contributed by atoms with E-state index in [2.05, 4.69) is 5.32 Å². The number of Topliss-reactive ketones (excluding diaryl/α,β-unsaturated/α-hetero) is 1. The SMILES string of the molecule is CCNCC(=O)c1c(C)n(C)c2ccc(F)cc12. The lowest BCUT2D eigenvalue weighted by Crippen LogP contribution is -2.23. The second-order valence-electron chi connectivity index (χ2n) is 4.38. The van der Waals surface area contributed by atoms with Gasteiger partial charge in [-0.1, -0.05) is 6.92 Å². The number of carbonyl (C=O) groups is 1. The Morgan fingerprint density at radius 2 is 2.17 bits per heavy atom. The van der Waals surface area contributed by atoms with Crippen molar-refractivity contribution < 1.29 is 9.18 Å². The minimum atomic E-state index is -0.314. The van der Waals surface area contributed by atoms with Gasteiger partial charge in [0.05, 0.1) is 6.54 Å². The predicted molar refractivity (Wildman–Crippen MR) is 70.5 cm³/mol. The van der Waals surface area contributed by atoms with Gasteiger partial charge in [-0.2, -0.15) is 0 Å². The first kappa shape index (κ1) is 12.8. The lowest BCUT2D eigenvalue weighted by molar-refractivity contribution is 0.0992. The second kappa shape index (κ2) is 4.90. The molecule has 0 aliphatic heterocycles. The van der Waals surface area contributed by atoms with E-state index in [1.165, 1.54) is 12.1 Å². The van der Waals surface area contributed by atoms with E-state index in [9.17, 15) is 9.18 Å². The standard InChI is InChI=1S/C14H17FN2O/c1-4-16-8-13(18)14-9(2)17(3)12-6-5-10(15)7-11(12)14/h5-7,16H,4,8H2,1-3H3. The van der Waals surface area contributed by atoms with Crippen LogP contribution < -0.4 is 5.32 Å². The molecule has 0 amide bonds. The van der Waals surface area contributed by atoms with Crippen LogP contribution in [0.15, 0.2) is 18.2 Å². The Labute approximate surface area is 106 Å². The molecule has 0 spiro atoms. The fourth-order valence-electron chi connectivity index (χ4n) is 2.22. The average Bonchev–Trinajstić information content (AvgIpc) is 2.59. The molecule has 4 heteroatoms. The first-order valence-electron chi connectivity index (χ1n) is 6.04. The predicted octanol–water partition coefficient (Wildman–Crippen LogP) is 2.42. The third-order valence-electron chi connectivity index (χ3n) is 3.27. The lowest BCUT2D eigenvalue weighted by atomic mass is 10.1. The van der Waals surface area contributed by atoms with Crippen molar-refractivity contribution in [3.8, 4) is 0 Å². The fourth-order valence-corrected chi connectivity index (χ4v) is 2.22. The molecule has 18 heavy (non-hydrogen) atoms. The maximum atomic E-state index is 13.3. The number of ketones is 1. The van der Waals surface area contributed by atoms with Gasteiger partial charge in [-0.05, 0) is 31.7 Å². The van der Waals surface area contributed by atoms with Gasteiger partial charge in [-0.15, -0.1) is 0 Å². The van der Waals surface area contributed by atoms with Crippen molar-refractivity contribution in [2.75, 3.05) is 13.1 Å². The zero-order chi connectivity index (χ0) is 13.3. The largest absolute Gasteiger partial charge is 0.347 e. The third kappa shape index (κ3) is 2.04. The molecule has 2 aromatic rings. The Morgan fingerprint density at radius 3 is 2.83 bits per heavy atom. The number of fused-ring (bicyclic) bond motifs is 1. The van der Waals surface area contributed by atoms with Gasteiger partial charge < -0.3 is 9.88 Å². The molecular formula is C14H17FN2O. The number of nitrogens with one attached hydrogen (secondary N) is 1. The van der Waals surface area contributed by atoms with Crippen LogP contribution in [0.4, 0.5) is 4.39 Å². The molecule has 0 radical (unpaired) electrons. The summed E-state index contributed by atoms with van der Waals surface area (Å²) in [6, 6.07) is 4.56. The molecule has 96 valence electrons. The highest BCUT2D eigenvalue weighted by Crippen LogP contribution is 2.26. The summed E-state index contributed by atoms with van der Waals surface area (Å²) in [5, 5.41) is 3.70. The van der Waals surface area contributed by atoms with E-state index in [0.717, 1.165) is 17.8 Å². The Balaban J connectivity index is 2.58. The molecular weight excluding hydrogens is 231 g/mol. The summed E-state index contributed by atoms with van der Waals surface area (Å²) in [7, 11) is 1.89. The Bertz CT molecular complexity index is 601. The normalized spacial score (nSPS) is 11.1. The maximum absolute atomic E-state index is 13.3. The summed E-state index contributed by atoms with van der Waals surface area (Å²) >= 11 is 0. The Kier molecular flexibility index (Phi) is 3.48. The van der Waals surface area contributed by atoms with Crippen molar-refractivity contribution in [2.45, 2.75) is 13.8 Å². The lowest BCUT2D eigenvalue weighted by Gasteiger charge is -2.02. The monoisotopic (exact) mass is 248 g/mol. The molecule has 0 aliphatic carbocycles. The third-order valence-corrected chi connectivity index (χ3v) is 3.27. The van der Waals surface area contributed by atoms with Gasteiger partial charge in [-0.25, -0.2) is 4.39 Å². The number of rotatable bonds is 4. The molecule has 3 nitrogen and oxygen atoms in total. The topological polar surface area (TPSA) is 34.0 Å². The van der Waals surface area contributed by atoms with Crippen molar-refractivity contribution in [1.29, 1.82) is 0 Å². The number of carbonyl (C=O) groups excluding carboxylic acids is 1. The molecule has 2 rings (SSSR count). The number of hydrogen-bond acceptors (Lipinski definition) is 2. The summed E-state index contributed by atoms with van der Waals surface area (Å²) in [4.78, 5) is 12.2. The number of hydrogen-bond donors (Lipinski definition) is 1. The summed E-state index contributed by atoms with van der Waals surface area (Å²) < 4.78 is 15.3. The van der Waals surface area contributed by atoms with Crippen LogP contribution in [0.1, 0.15) is 23.0 Å². The summed E-state index contributed by atoms with van der Waals surface area (Å²) in [6.07, 6.45) is 0. The Morgan fingerprint density at radius 1 is 1.44 bits per heavy atom. The molecule has 0 atom stereocenters. The number of aromatic nitrogens is 1. The first-order chi connectivity index (χ1) is 8.56. The van der Waals surface area contributed by atoms with E-state index in [-0.39, 0.29) is 18.1 Å². The molecule has 0 unspecified atom stereocenters. The van der Waals surface area contributed by atoms with E-state index < -0.39 is 0 Å². The summed E-state index contributed by atoms with van der Waals surface area (Å²) in [6.45, 7) is 4.86. The van der Waals surface area contributed by atoms with Gasteiger partial charge in [0.2, 0.25) is 0 Å². The van der Waals surface area contributed by atoms with Gasteiger partial charge in [0.1, 0.15) is 5.82 Å². The van der Waals surface area contributed by atoms with Crippen LogP contribution in [-0.4, -0.2) is 23.4 Å². The van der Waals surface area contributed by atoms with E-state index >= 15 is 0 Å². The maximum Gasteiger partial charge on any atom is 0.179 e. The molecule has 1 aromatic heterocycles. The molecule has 1 heterocycles. The van der Waals surface area contributed by atoms with E-state index in [1.54, 1.807) is 6.07 Å². The van der Waals surface area contributed by atoms with Crippen LogP contribution in [-0.2, 0) is 7.05 Å². The number of aryl methyl sites for hydroxylation is 1. The highest BCUT2D eigenvalue weighted by Gasteiger charge is 2.18. The fraction of sp³-hybridized carbons (Fsp3) is 0.357. The van der Waals surface area contributed by atoms with Crippen LogP contribution in [0.2, 0.25) is 0 Å². The number of halogens is 1. The van der Waals surface area contributed by atoms with Crippen LogP contribution in [0.5, 0.6) is 0 Å². The van der Waals surface area contributed by atoms with Crippen molar-refractivity contribution in [2.24, 2.45) is 7.05 Å². The number of benzene rings is 1. The van der Waals surface area contributed by atoms with Crippen molar-refractivity contribution in [3.63, 3.8) is 0 Å². The quantitative estimate of drug-likeness (QED) is 0.843. The van der Waals surface area contributed by atoms with Crippen LogP contribution in [0.25, 0.3) is 10.9 Å². The smallest absolute Gasteiger partial charge is 0.179 e. The van der Waals surface area contributed by atoms with Crippen LogP contribution in [0, 0.1) is 12.7 Å². The van der Waals surface area contributed by atoms with Crippen LogP contribution in [0.3, 0.4) is 0 Å². The summed E-state index contributed by atoms with van der Waals surface area (Å²) in [5.74, 6) is -0.309. The van der Waals surface area contributed by atoms with Gasteiger partial charge in [0, 0.05) is 29.2 Å². The molecule has 1 N–H and O–H groups in total. The van der Waals surface area contributed by atoms with Crippen molar-refractivity contribution >= 4 is 16.7 Å². The van der Waals surface area contributed by atoms with Gasteiger partial charge >= 0.3 is 0 Å². The van der Waals surface area contributed by atoms with E-state index in [1.807, 2.05) is 25.5 Å². The zero-order valence-electron chi connectivity index (χ0n) is 10.9. The molecule has 0 fully saturated rings. The first-order valence-corrected chi connectivity index (χ1v) is 6.04. The van der Waals surface area contributed by atoms with Gasteiger partial charge in [-0.3, -0.25) is 4.79 Å². The molecule has 0 saturated carbocycles.